The van der Waals surface area contributed by atoms with Crippen LogP contribution < -0.4 is 0 Å². The Balaban J connectivity index is 3.61. The zero-order chi connectivity index (χ0) is 10.8. The van der Waals surface area contributed by atoms with Gasteiger partial charge >= 0.3 is 0 Å². The summed E-state index contributed by atoms with van der Waals surface area (Å²) >= 11 is 8.60. The summed E-state index contributed by atoms with van der Waals surface area (Å²) in [5, 5.41) is 19.1. The average Bonchev–Trinajstić information content (AvgIpc) is 2.19. The molecular formula is C8H16BrClO4. The monoisotopic (exact) mass is 290 g/mol. The van der Waals surface area contributed by atoms with E-state index in [2.05, 4.69) is 15.9 Å². The second-order valence-corrected chi connectivity index (χ2v) is 3.78. The van der Waals surface area contributed by atoms with Gasteiger partial charge in [-0.15, -0.1) is 11.6 Å². The largest absolute Gasteiger partial charge is 0.394 e. The van der Waals surface area contributed by atoms with E-state index in [0.29, 0.717) is 24.4 Å². The van der Waals surface area contributed by atoms with Gasteiger partial charge in [0.15, 0.2) is 0 Å². The number of alkyl halides is 2. The normalized spacial score (nSPS) is 15.4. The van der Waals surface area contributed by atoms with E-state index in [1.165, 1.54) is 0 Å². The van der Waals surface area contributed by atoms with E-state index < -0.39 is 12.2 Å². The third-order valence-electron chi connectivity index (χ3n) is 1.53. The maximum Gasteiger partial charge on any atom is 0.109 e. The highest BCUT2D eigenvalue weighted by Gasteiger charge is 2.18. The van der Waals surface area contributed by atoms with Gasteiger partial charge in [0.05, 0.1) is 26.4 Å². The van der Waals surface area contributed by atoms with Gasteiger partial charge < -0.3 is 19.7 Å². The van der Waals surface area contributed by atoms with Crippen molar-refractivity contribution in [3.05, 3.63) is 0 Å². The van der Waals surface area contributed by atoms with Gasteiger partial charge in [-0.05, 0) is 0 Å². The van der Waals surface area contributed by atoms with E-state index in [4.69, 9.17) is 26.2 Å². The summed E-state index contributed by atoms with van der Waals surface area (Å²) in [4.78, 5) is 0. The van der Waals surface area contributed by atoms with Crippen LogP contribution in [0.5, 0.6) is 0 Å². The van der Waals surface area contributed by atoms with Crippen LogP contribution in [0.4, 0.5) is 0 Å². The molecule has 0 aromatic rings. The average molecular weight is 292 g/mol. The van der Waals surface area contributed by atoms with Crippen molar-refractivity contribution in [1.82, 2.24) is 0 Å². The summed E-state index contributed by atoms with van der Waals surface area (Å²) < 4.78 is 10.2. The molecule has 0 aliphatic carbocycles. The van der Waals surface area contributed by atoms with E-state index >= 15 is 0 Å². The predicted octanol–water partition coefficient (Wildman–Crippen LogP) is 0.375. The highest BCUT2D eigenvalue weighted by Crippen LogP contribution is 2.00. The van der Waals surface area contributed by atoms with Crippen molar-refractivity contribution < 1.29 is 19.7 Å². The Labute approximate surface area is 97.3 Å². The SMILES string of the molecule is OCC(OCCCl)C(O)COCCBr. The molecule has 2 unspecified atom stereocenters. The molecule has 0 amide bonds. The van der Waals surface area contributed by atoms with Gasteiger partial charge in [-0.25, -0.2) is 0 Å². The molecule has 0 rings (SSSR count). The zero-order valence-electron chi connectivity index (χ0n) is 7.86. The summed E-state index contributed by atoms with van der Waals surface area (Å²) in [6.45, 7) is 0.738. The van der Waals surface area contributed by atoms with Gasteiger partial charge in [-0.1, -0.05) is 15.9 Å². The fraction of sp³-hybridized carbons (Fsp3) is 1.00. The van der Waals surface area contributed by atoms with Crippen molar-refractivity contribution in [1.29, 1.82) is 0 Å². The standard InChI is InChI=1S/C8H16BrClO4/c9-1-3-13-6-7(12)8(5-11)14-4-2-10/h7-8,11-12H,1-6H2. The number of hydrogen-bond donors (Lipinski definition) is 2. The first-order valence-corrected chi connectivity index (χ1v) is 6.02. The van der Waals surface area contributed by atoms with Crippen LogP contribution in [0.25, 0.3) is 0 Å². The van der Waals surface area contributed by atoms with Crippen LogP contribution in [0, 0.1) is 0 Å². The minimum absolute atomic E-state index is 0.152. The number of rotatable bonds is 9. The van der Waals surface area contributed by atoms with Crippen LogP contribution in [0.15, 0.2) is 0 Å². The number of aliphatic hydroxyl groups excluding tert-OH is 2. The molecule has 0 saturated carbocycles. The molecule has 0 saturated heterocycles. The van der Waals surface area contributed by atoms with E-state index in [1.54, 1.807) is 0 Å². The summed E-state index contributed by atoms with van der Waals surface area (Å²) in [6, 6.07) is 0. The Bertz CT molecular complexity index is 128. The van der Waals surface area contributed by atoms with Crippen LogP contribution in [0.2, 0.25) is 0 Å². The lowest BCUT2D eigenvalue weighted by Crippen LogP contribution is -2.36. The molecule has 0 fully saturated rings. The highest BCUT2D eigenvalue weighted by molar-refractivity contribution is 9.09. The Kier molecular flexibility index (Phi) is 10.6. The first-order valence-electron chi connectivity index (χ1n) is 4.36. The van der Waals surface area contributed by atoms with Crippen LogP contribution in [-0.2, 0) is 9.47 Å². The number of hydrogen-bond acceptors (Lipinski definition) is 4. The van der Waals surface area contributed by atoms with Crippen LogP contribution in [-0.4, -0.2) is 60.1 Å². The van der Waals surface area contributed by atoms with Crippen molar-refractivity contribution in [3.63, 3.8) is 0 Å². The van der Waals surface area contributed by atoms with Gasteiger partial charge in [0.1, 0.15) is 12.2 Å². The smallest absolute Gasteiger partial charge is 0.109 e. The molecule has 86 valence electrons. The van der Waals surface area contributed by atoms with Crippen LogP contribution in [0.3, 0.4) is 0 Å². The summed E-state index contributed by atoms with van der Waals surface area (Å²) in [5.41, 5.74) is 0. The number of aliphatic hydroxyl groups is 2. The predicted molar refractivity (Wildman–Crippen MR) is 58.2 cm³/mol. The number of ether oxygens (including phenoxy) is 2. The maximum absolute atomic E-state index is 9.49. The molecule has 6 heteroatoms. The minimum atomic E-state index is -0.817. The van der Waals surface area contributed by atoms with Gasteiger partial charge in [-0.2, -0.15) is 0 Å². The molecule has 0 spiro atoms. The number of halogens is 2. The van der Waals surface area contributed by atoms with Crippen LogP contribution in [0.1, 0.15) is 0 Å². The van der Waals surface area contributed by atoms with Crippen molar-refractivity contribution in [2.45, 2.75) is 12.2 Å². The van der Waals surface area contributed by atoms with Gasteiger partial charge in [0.2, 0.25) is 0 Å². The molecule has 0 bridgehead atoms. The second-order valence-electron chi connectivity index (χ2n) is 2.61. The van der Waals surface area contributed by atoms with E-state index in [-0.39, 0.29) is 13.2 Å². The van der Waals surface area contributed by atoms with Gasteiger partial charge in [0, 0.05) is 11.2 Å². The quantitative estimate of drug-likeness (QED) is 0.476. The van der Waals surface area contributed by atoms with Crippen molar-refractivity contribution in [2.75, 3.05) is 37.6 Å². The van der Waals surface area contributed by atoms with Gasteiger partial charge in [-0.3, -0.25) is 0 Å². The minimum Gasteiger partial charge on any atom is -0.394 e. The highest BCUT2D eigenvalue weighted by atomic mass is 79.9. The summed E-state index contributed by atoms with van der Waals surface area (Å²) in [7, 11) is 0. The molecule has 0 aliphatic rings. The van der Waals surface area contributed by atoms with E-state index in [0.717, 1.165) is 0 Å². The molecule has 0 heterocycles. The Morgan fingerprint density at radius 3 is 2.57 bits per heavy atom. The second kappa shape index (κ2) is 10.1. The van der Waals surface area contributed by atoms with Crippen LogP contribution >= 0.6 is 27.5 Å². The third-order valence-corrected chi connectivity index (χ3v) is 2.01. The van der Waals surface area contributed by atoms with Crippen molar-refractivity contribution in [2.24, 2.45) is 0 Å². The van der Waals surface area contributed by atoms with E-state index in [1.807, 2.05) is 0 Å². The summed E-state index contributed by atoms with van der Waals surface area (Å²) in [5.74, 6) is 0.339. The zero-order valence-corrected chi connectivity index (χ0v) is 10.2. The molecule has 2 atom stereocenters. The first kappa shape index (κ1) is 14.6. The lowest BCUT2D eigenvalue weighted by molar-refractivity contribution is -0.0855. The molecular weight excluding hydrogens is 275 g/mol. The topological polar surface area (TPSA) is 58.9 Å². The molecule has 14 heavy (non-hydrogen) atoms. The Morgan fingerprint density at radius 1 is 1.36 bits per heavy atom. The Hall–Kier alpha value is 0.610. The van der Waals surface area contributed by atoms with E-state index in [9.17, 15) is 5.11 Å². The lowest BCUT2D eigenvalue weighted by atomic mass is 10.2. The first-order chi connectivity index (χ1) is 6.76. The molecule has 0 radical (unpaired) electrons. The maximum atomic E-state index is 9.49. The van der Waals surface area contributed by atoms with Crippen molar-refractivity contribution >= 4 is 27.5 Å². The lowest BCUT2D eigenvalue weighted by Gasteiger charge is -2.20. The molecule has 2 N–H and O–H groups in total. The fourth-order valence-corrected chi connectivity index (χ4v) is 1.17. The molecule has 0 aromatic carbocycles. The Morgan fingerprint density at radius 2 is 2.07 bits per heavy atom. The molecule has 0 aromatic heterocycles. The molecule has 4 nitrogen and oxygen atoms in total. The van der Waals surface area contributed by atoms with Gasteiger partial charge in [0.25, 0.3) is 0 Å². The summed E-state index contributed by atoms with van der Waals surface area (Å²) in [6.07, 6.45) is -1.44. The van der Waals surface area contributed by atoms with Crippen molar-refractivity contribution in [3.8, 4) is 0 Å². The molecule has 0 aliphatic heterocycles. The fourth-order valence-electron chi connectivity index (χ4n) is 0.847. The third kappa shape index (κ3) is 6.98.